The van der Waals surface area contributed by atoms with Crippen LogP contribution in [0.15, 0.2) is 30.3 Å². The summed E-state index contributed by atoms with van der Waals surface area (Å²) < 4.78 is 25.8. The SMILES string of the molecule is N#CCCCS(=O)(=O)N1CCC(C(O)c2ccccc2)CC1. The maximum Gasteiger partial charge on any atom is 0.214 e. The molecular formula is C16H22N2O3S. The molecule has 0 bridgehead atoms. The van der Waals surface area contributed by atoms with Gasteiger partial charge in [0, 0.05) is 19.5 Å². The number of rotatable bonds is 6. The highest BCUT2D eigenvalue weighted by Gasteiger charge is 2.31. The number of unbranched alkanes of at least 4 members (excludes halogenated alkanes) is 1. The molecule has 22 heavy (non-hydrogen) atoms. The molecule has 1 N–H and O–H groups in total. The van der Waals surface area contributed by atoms with E-state index in [0.29, 0.717) is 32.4 Å². The van der Waals surface area contributed by atoms with Crippen LogP contribution < -0.4 is 0 Å². The minimum atomic E-state index is -3.27. The van der Waals surface area contributed by atoms with Crippen molar-refractivity contribution >= 4 is 10.0 Å². The largest absolute Gasteiger partial charge is 0.388 e. The third-order valence-electron chi connectivity index (χ3n) is 4.17. The molecule has 0 aliphatic carbocycles. The van der Waals surface area contributed by atoms with Crippen LogP contribution in [0.5, 0.6) is 0 Å². The van der Waals surface area contributed by atoms with Crippen molar-refractivity contribution in [3.05, 3.63) is 35.9 Å². The van der Waals surface area contributed by atoms with Crippen molar-refractivity contribution in [2.45, 2.75) is 31.8 Å². The summed E-state index contributed by atoms with van der Waals surface area (Å²) in [7, 11) is -3.27. The van der Waals surface area contributed by atoms with Gasteiger partial charge in [-0.1, -0.05) is 30.3 Å². The van der Waals surface area contributed by atoms with Gasteiger partial charge in [0.25, 0.3) is 0 Å². The number of hydrogen-bond acceptors (Lipinski definition) is 4. The number of nitrogens with zero attached hydrogens (tertiary/aromatic N) is 2. The van der Waals surface area contributed by atoms with Crippen molar-refractivity contribution in [3.8, 4) is 6.07 Å². The zero-order valence-electron chi connectivity index (χ0n) is 12.6. The van der Waals surface area contributed by atoms with Crippen LogP contribution in [0, 0.1) is 17.2 Å². The Hall–Kier alpha value is -1.42. The van der Waals surface area contributed by atoms with Gasteiger partial charge in [0.05, 0.1) is 17.9 Å². The lowest BCUT2D eigenvalue weighted by Crippen LogP contribution is -2.40. The fraction of sp³-hybridized carbons (Fsp3) is 0.562. The van der Waals surface area contributed by atoms with E-state index in [1.54, 1.807) is 0 Å². The van der Waals surface area contributed by atoms with E-state index in [-0.39, 0.29) is 18.1 Å². The third-order valence-corrected chi connectivity index (χ3v) is 6.13. The van der Waals surface area contributed by atoms with E-state index in [2.05, 4.69) is 0 Å². The lowest BCUT2D eigenvalue weighted by atomic mass is 9.88. The molecule has 0 radical (unpaired) electrons. The van der Waals surface area contributed by atoms with Gasteiger partial charge in [-0.05, 0) is 30.7 Å². The summed E-state index contributed by atoms with van der Waals surface area (Å²) in [5.41, 5.74) is 0.887. The highest BCUT2D eigenvalue weighted by molar-refractivity contribution is 7.89. The first kappa shape index (κ1) is 16.9. The average Bonchev–Trinajstić information content (AvgIpc) is 2.55. The van der Waals surface area contributed by atoms with Crippen LogP contribution in [0.25, 0.3) is 0 Å². The predicted octanol–water partition coefficient (Wildman–Crippen LogP) is 2.07. The van der Waals surface area contributed by atoms with E-state index in [4.69, 9.17) is 5.26 Å². The van der Waals surface area contributed by atoms with Gasteiger partial charge in [-0.15, -0.1) is 0 Å². The van der Waals surface area contributed by atoms with Gasteiger partial charge in [-0.25, -0.2) is 12.7 Å². The van der Waals surface area contributed by atoms with Crippen molar-refractivity contribution in [2.75, 3.05) is 18.8 Å². The van der Waals surface area contributed by atoms with Crippen LogP contribution in [0.1, 0.15) is 37.4 Å². The molecule has 0 saturated carbocycles. The molecule has 0 amide bonds. The molecule has 120 valence electrons. The standard InChI is InChI=1S/C16H22N2O3S/c17-10-4-5-13-22(20,21)18-11-8-15(9-12-18)16(19)14-6-2-1-3-7-14/h1-3,6-7,15-16,19H,4-5,8-9,11-13H2. The van der Waals surface area contributed by atoms with Gasteiger partial charge in [0.15, 0.2) is 0 Å². The van der Waals surface area contributed by atoms with Gasteiger partial charge in [0.2, 0.25) is 10.0 Å². The topological polar surface area (TPSA) is 81.4 Å². The van der Waals surface area contributed by atoms with Crippen LogP contribution in [-0.4, -0.2) is 36.7 Å². The van der Waals surface area contributed by atoms with Crippen LogP contribution in [0.3, 0.4) is 0 Å². The molecule has 1 fully saturated rings. The van der Waals surface area contributed by atoms with Gasteiger partial charge >= 0.3 is 0 Å². The Kier molecular flexibility index (Phi) is 5.95. The number of aliphatic hydroxyl groups is 1. The smallest absolute Gasteiger partial charge is 0.214 e. The number of benzene rings is 1. The Morgan fingerprint density at radius 1 is 1.27 bits per heavy atom. The second kappa shape index (κ2) is 7.73. The Bertz CT molecular complexity index is 602. The normalized spacial score (nSPS) is 18.7. The van der Waals surface area contributed by atoms with Gasteiger partial charge in [-0.2, -0.15) is 5.26 Å². The minimum Gasteiger partial charge on any atom is -0.388 e. The summed E-state index contributed by atoms with van der Waals surface area (Å²) in [6.45, 7) is 0.896. The summed E-state index contributed by atoms with van der Waals surface area (Å²) in [5, 5.41) is 18.9. The van der Waals surface area contributed by atoms with Crippen molar-refractivity contribution in [1.29, 1.82) is 5.26 Å². The van der Waals surface area contributed by atoms with Crippen molar-refractivity contribution in [3.63, 3.8) is 0 Å². The second-order valence-corrected chi connectivity index (χ2v) is 7.76. The summed E-state index contributed by atoms with van der Waals surface area (Å²) in [6.07, 6.45) is 1.43. The van der Waals surface area contributed by atoms with Crippen molar-refractivity contribution in [2.24, 2.45) is 5.92 Å². The summed E-state index contributed by atoms with van der Waals surface area (Å²) in [6, 6.07) is 11.5. The molecule has 5 nitrogen and oxygen atoms in total. The van der Waals surface area contributed by atoms with E-state index in [1.165, 1.54) is 4.31 Å². The number of piperidine rings is 1. The molecule has 2 rings (SSSR count). The second-order valence-electron chi connectivity index (χ2n) is 5.67. The summed E-state index contributed by atoms with van der Waals surface area (Å²) in [4.78, 5) is 0. The summed E-state index contributed by atoms with van der Waals surface area (Å²) >= 11 is 0. The molecule has 1 heterocycles. The minimum absolute atomic E-state index is 0.0342. The number of aliphatic hydroxyl groups excluding tert-OH is 1. The van der Waals surface area contributed by atoms with Crippen molar-refractivity contribution in [1.82, 2.24) is 4.31 Å². The van der Waals surface area contributed by atoms with E-state index >= 15 is 0 Å². The first-order valence-electron chi connectivity index (χ1n) is 7.62. The highest BCUT2D eigenvalue weighted by Crippen LogP contribution is 2.31. The van der Waals surface area contributed by atoms with E-state index in [0.717, 1.165) is 5.56 Å². The Balaban J connectivity index is 1.89. The lowest BCUT2D eigenvalue weighted by molar-refractivity contribution is 0.0760. The average molecular weight is 322 g/mol. The maximum absolute atomic E-state index is 12.2. The Labute approximate surface area is 132 Å². The van der Waals surface area contributed by atoms with Gasteiger partial charge < -0.3 is 5.11 Å². The molecule has 1 aromatic rings. The van der Waals surface area contributed by atoms with Gasteiger partial charge in [-0.3, -0.25) is 0 Å². The monoisotopic (exact) mass is 322 g/mol. The van der Waals surface area contributed by atoms with Gasteiger partial charge in [0.1, 0.15) is 0 Å². The fourth-order valence-electron chi connectivity index (χ4n) is 2.85. The van der Waals surface area contributed by atoms with E-state index < -0.39 is 16.1 Å². The highest BCUT2D eigenvalue weighted by atomic mass is 32.2. The van der Waals surface area contributed by atoms with Crippen molar-refractivity contribution < 1.29 is 13.5 Å². The molecule has 1 unspecified atom stereocenters. The Morgan fingerprint density at radius 2 is 1.91 bits per heavy atom. The molecule has 1 atom stereocenters. The predicted molar refractivity (Wildman–Crippen MR) is 84.3 cm³/mol. The maximum atomic E-state index is 12.2. The molecule has 1 aliphatic heterocycles. The Morgan fingerprint density at radius 3 is 2.50 bits per heavy atom. The number of nitriles is 1. The third kappa shape index (κ3) is 4.29. The quantitative estimate of drug-likeness (QED) is 0.813. The van der Waals surface area contributed by atoms with Crippen LogP contribution >= 0.6 is 0 Å². The summed E-state index contributed by atoms with van der Waals surface area (Å²) in [5.74, 6) is 0.125. The molecule has 0 spiro atoms. The van der Waals surface area contributed by atoms with Crippen LogP contribution in [-0.2, 0) is 10.0 Å². The van der Waals surface area contributed by atoms with E-state index in [1.807, 2.05) is 36.4 Å². The lowest BCUT2D eigenvalue weighted by Gasteiger charge is -2.33. The van der Waals surface area contributed by atoms with E-state index in [9.17, 15) is 13.5 Å². The zero-order chi connectivity index (χ0) is 16.0. The first-order chi connectivity index (χ1) is 10.5. The molecule has 0 aromatic heterocycles. The van der Waals surface area contributed by atoms with Crippen LogP contribution in [0.2, 0.25) is 0 Å². The molecule has 1 aliphatic rings. The molecule has 1 aromatic carbocycles. The van der Waals surface area contributed by atoms with Crippen LogP contribution in [0.4, 0.5) is 0 Å². The number of hydrogen-bond donors (Lipinski definition) is 1. The number of sulfonamides is 1. The molecule has 6 heteroatoms. The first-order valence-corrected chi connectivity index (χ1v) is 9.23. The zero-order valence-corrected chi connectivity index (χ0v) is 13.4. The fourth-order valence-corrected chi connectivity index (χ4v) is 4.39. The molecule has 1 saturated heterocycles. The molecular weight excluding hydrogens is 300 g/mol.